The van der Waals surface area contributed by atoms with Crippen molar-refractivity contribution in [3.8, 4) is 5.82 Å². The summed E-state index contributed by atoms with van der Waals surface area (Å²) in [6.07, 6.45) is 2.55. The minimum Gasteiger partial charge on any atom is -0.369 e. The van der Waals surface area contributed by atoms with Gasteiger partial charge in [-0.3, -0.25) is 4.57 Å². The van der Waals surface area contributed by atoms with Gasteiger partial charge in [-0.25, -0.2) is 15.0 Å². The number of aryl methyl sites for hydroxylation is 2. The second kappa shape index (κ2) is 5.45. The van der Waals surface area contributed by atoms with Gasteiger partial charge in [-0.15, -0.1) is 0 Å². The zero-order valence-corrected chi connectivity index (χ0v) is 13.9. The fourth-order valence-corrected chi connectivity index (χ4v) is 3.22. The maximum atomic E-state index is 6.17. The van der Waals surface area contributed by atoms with Crippen LogP contribution in [0.2, 0.25) is 0 Å². The molecule has 24 heavy (non-hydrogen) atoms. The van der Waals surface area contributed by atoms with E-state index in [1.165, 1.54) is 11.1 Å². The molecule has 2 aromatic heterocycles. The fourth-order valence-electron chi connectivity index (χ4n) is 3.22. The van der Waals surface area contributed by atoms with E-state index in [1.807, 2.05) is 10.6 Å². The molecule has 3 aromatic rings. The molecule has 7 nitrogen and oxygen atoms in total. The van der Waals surface area contributed by atoms with Crippen LogP contribution in [0.15, 0.2) is 24.5 Å². The molecule has 1 aromatic carbocycles. The highest BCUT2D eigenvalue weighted by Crippen LogP contribution is 2.26. The molecule has 0 saturated carbocycles. The Morgan fingerprint density at radius 3 is 2.58 bits per heavy atom. The van der Waals surface area contributed by atoms with Gasteiger partial charge in [0, 0.05) is 25.2 Å². The van der Waals surface area contributed by atoms with Crippen molar-refractivity contribution in [2.45, 2.75) is 26.3 Å². The average molecular weight is 323 g/mol. The number of hydrogen-bond acceptors (Lipinski definition) is 6. The lowest BCUT2D eigenvalue weighted by Gasteiger charge is -2.17. The third-order valence-electron chi connectivity index (χ3n) is 4.71. The smallest absolute Gasteiger partial charge is 0.207 e. The number of nitrogen functional groups attached to an aromatic ring is 1. The van der Waals surface area contributed by atoms with Crippen LogP contribution < -0.4 is 16.4 Å². The van der Waals surface area contributed by atoms with Gasteiger partial charge in [-0.2, -0.15) is 0 Å². The summed E-state index contributed by atoms with van der Waals surface area (Å²) in [5.74, 6) is 2.03. The molecule has 1 aliphatic heterocycles. The summed E-state index contributed by atoms with van der Waals surface area (Å²) in [4.78, 5) is 15.5. The topological polar surface area (TPSA) is 98.9 Å². The number of anilines is 2. The standard InChI is InChI=1S/C17H21N7/c1-10-5-13-14(6-11(10)2)24(17(19)22-13)16-7-15(20-9-21-16)23-4-3-12(18)8-23/h5-7,9,12H,3-4,8,18H2,1-2H3,(H2,19,22)/t12-/m1/s1. The zero-order chi connectivity index (χ0) is 16.8. The molecule has 3 heterocycles. The minimum atomic E-state index is 0.202. The van der Waals surface area contributed by atoms with Crippen molar-refractivity contribution in [1.29, 1.82) is 0 Å². The van der Waals surface area contributed by atoms with Crippen molar-refractivity contribution < 1.29 is 0 Å². The van der Waals surface area contributed by atoms with Crippen molar-refractivity contribution >= 4 is 22.8 Å². The number of aromatic nitrogens is 4. The van der Waals surface area contributed by atoms with Crippen molar-refractivity contribution in [3.63, 3.8) is 0 Å². The lowest BCUT2D eigenvalue weighted by atomic mass is 10.1. The average Bonchev–Trinajstić information content (AvgIpc) is 3.11. The molecule has 0 unspecified atom stereocenters. The first-order valence-corrected chi connectivity index (χ1v) is 8.11. The number of benzene rings is 1. The summed E-state index contributed by atoms with van der Waals surface area (Å²) in [6.45, 7) is 5.88. The van der Waals surface area contributed by atoms with Crippen LogP contribution >= 0.6 is 0 Å². The van der Waals surface area contributed by atoms with Gasteiger partial charge in [0.1, 0.15) is 18.0 Å². The lowest BCUT2D eigenvalue weighted by molar-refractivity contribution is 0.751. The van der Waals surface area contributed by atoms with E-state index < -0.39 is 0 Å². The Labute approximate surface area is 140 Å². The highest BCUT2D eigenvalue weighted by atomic mass is 15.2. The lowest BCUT2D eigenvalue weighted by Crippen LogP contribution is -2.27. The van der Waals surface area contributed by atoms with Gasteiger partial charge >= 0.3 is 0 Å². The maximum Gasteiger partial charge on any atom is 0.207 e. The fraction of sp³-hybridized carbons (Fsp3) is 0.353. The van der Waals surface area contributed by atoms with Gasteiger partial charge in [0.15, 0.2) is 0 Å². The summed E-state index contributed by atoms with van der Waals surface area (Å²) in [7, 11) is 0. The molecule has 1 fully saturated rings. The molecule has 0 amide bonds. The molecular weight excluding hydrogens is 302 g/mol. The number of imidazole rings is 1. The van der Waals surface area contributed by atoms with Crippen molar-refractivity contribution in [1.82, 2.24) is 19.5 Å². The normalized spacial score (nSPS) is 17.8. The molecule has 0 radical (unpaired) electrons. The van der Waals surface area contributed by atoms with E-state index in [1.54, 1.807) is 6.33 Å². The minimum absolute atomic E-state index is 0.202. The first-order valence-electron chi connectivity index (χ1n) is 8.11. The van der Waals surface area contributed by atoms with Crippen LogP contribution in [0, 0.1) is 13.8 Å². The molecule has 1 aliphatic rings. The number of nitrogens with two attached hydrogens (primary N) is 2. The van der Waals surface area contributed by atoms with Crippen LogP contribution in [0.1, 0.15) is 17.5 Å². The Bertz CT molecular complexity index is 915. The summed E-state index contributed by atoms with van der Waals surface area (Å²) in [6, 6.07) is 6.30. The second-order valence-corrected chi connectivity index (χ2v) is 6.46. The van der Waals surface area contributed by atoms with Crippen LogP contribution in [-0.2, 0) is 0 Å². The highest BCUT2D eigenvalue weighted by Gasteiger charge is 2.21. The summed E-state index contributed by atoms with van der Waals surface area (Å²) >= 11 is 0. The van der Waals surface area contributed by atoms with E-state index >= 15 is 0 Å². The van der Waals surface area contributed by atoms with E-state index in [0.29, 0.717) is 5.95 Å². The van der Waals surface area contributed by atoms with Gasteiger partial charge in [-0.1, -0.05) is 0 Å². The quantitative estimate of drug-likeness (QED) is 0.742. The van der Waals surface area contributed by atoms with E-state index in [2.05, 4.69) is 45.8 Å². The largest absolute Gasteiger partial charge is 0.369 e. The highest BCUT2D eigenvalue weighted by molar-refractivity contribution is 5.82. The zero-order valence-electron chi connectivity index (χ0n) is 13.9. The summed E-state index contributed by atoms with van der Waals surface area (Å²) in [5, 5.41) is 0. The first-order chi connectivity index (χ1) is 11.5. The number of rotatable bonds is 2. The number of fused-ring (bicyclic) bond motifs is 1. The van der Waals surface area contributed by atoms with E-state index in [9.17, 15) is 0 Å². The van der Waals surface area contributed by atoms with Gasteiger partial charge in [0.05, 0.1) is 11.0 Å². The Hall–Kier alpha value is -2.67. The number of nitrogens with zero attached hydrogens (tertiary/aromatic N) is 5. The van der Waals surface area contributed by atoms with Crippen LogP contribution in [0.25, 0.3) is 16.9 Å². The monoisotopic (exact) mass is 323 g/mol. The first kappa shape index (κ1) is 14.9. The van der Waals surface area contributed by atoms with Crippen LogP contribution in [0.5, 0.6) is 0 Å². The van der Waals surface area contributed by atoms with Crippen molar-refractivity contribution in [2.75, 3.05) is 23.7 Å². The van der Waals surface area contributed by atoms with E-state index in [-0.39, 0.29) is 6.04 Å². The summed E-state index contributed by atoms with van der Waals surface area (Å²) < 4.78 is 1.88. The number of hydrogen-bond donors (Lipinski definition) is 2. The Kier molecular flexibility index (Phi) is 3.38. The van der Waals surface area contributed by atoms with Crippen molar-refractivity contribution in [2.24, 2.45) is 5.73 Å². The molecule has 4 N–H and O–H groups in total. The molecule has 4 rings (SSSR count). The van der Waals surface area contributed by atoms with Crippen LogP contribution in [0.3, 0.4) is 0 Å². The molecule has 0 aliphatic carbocycles. The Morgan fingerprint density at radius 2 is 1.83 bits per heavy atom. The predicted molar refractivity (Wildman–Crippen MR) is 95.4 cm³/mol. The molecular formula is C17H21N7. The van der Waals surface area contributed by atoms with Gasteiger partial charge in [0.25, 0.3) is 0 Å². The van der Waals surface area contributed by atoms with Crippen molar-refractivity contribution in [3.05, 3.63) is 35.7 Å². The summed E-state index contributed by atoms with van der Waals surface area (Å²) in [5.41, 5.74) is 16.4. The van der Waals surface area contributed by atoms with Crippen LogP contribution in [-0.4, -0.2) is 38.7 Å². The molecule has 1 atom stereocenters. The molecule has 1 saturated heterocycles. The maximum absolute atomic E-state index is 6.17. The third kappa shape index (κ3) is 2.37. The van der Waals surface area contributed by atoms with Gasteiger partial charge < -0.3 is 16.4 Å². The Morgan fingerprint density at radius 1 is 1.08 bits per heavy atom. The van der Waals surface area contributed by atoms with E-state index in [0.717, 1.165) is 42.2 Å². The van der Waals surface area contributed by atoms with Gasteiger partial charge in [0.2, 0.25) is 5.95 Å². The van der Waals surface area contributed by atoms with E-state index in [4.69, 9.17) is 11.5 Å². The van der Waals surface area contributed by atoms with Crippen LogP contribution in [0.4, 0.5) is 11.8 Å². The second-order valence-electron chi connectivity index (χ2n) is 6.46. The van der Waals surface area contributed by atoms with Gasteiger partial charge in [-0.05, 0) is 43.5 Å². The molecule has 0 spiro atoms. The Balaban J connectivity index is 1.83. The predicted octanol–water partition coefficient (Wildman–Crippen LogP) is 1.55. The molecule has 124 valence electrons. The molecule has 0 bridgehead atoms. The third-order valence-corrected chi connectivity index (χ3v) is 4.71. The molecule has 7 heteroatoms. The SMILES string of the molecule is Cc1cc2nc(N)n(-c3cc(N4CC[C@@H](N)C4)ncn3)c2cc1C.